The molecule has 20 heavy (non-hydrogen) atoms. The summed E-state index contributed by atoms with van der Waals surface area (Å²) in [6, 6.07) is 0.406. The third-order valence-corrected chi connectivity index (χ3v) is 4.51. The highest BCUT2D eigenvalue weighted by Crippen LogP contribution is 2.23. The van der Waals surface area contributed by atoms with E-state index in [1.165, 1.54) is 19.3 Å². The molecule has 0 aliphatic carbocycles. The Kier molecular flexibility index (Phi) is 5.87. The van der Waals surface area contributed by atoms with Crippen molar-refractivity contribution in [1.29, 1.82) is 0 Å². The van der Waals surface area contributed by atoms with Gasteiger partial charge in [-0.2, -0.15) is 5.10 Å². The molecule has 2 atom stereocenters. The zero-order valence-electron chi connectivity index (χ0n) is 12.8. The summed E-state index contributed by atoms with van der Waals surface area (Å²) < 4.78 is 7.62. The van der Waals surface area contributed by atoms with E-state index in [9.17, 15) is 0 Å². The second-order valence-electron chi connectivity index (χ2n) is 5.66. The minimum atomic E-state index is 0.392. The Balaban J connectivity index is 2.00. The number of hydrogen-bond donors (Lipinski definition) is 1. The first-order chi connectivity index (χ1) is 9.61. The highest BCUT2D eigenvalue weighted by atomic mass is 35.5. The van der Waals surface area contributed by atoms with E-state index in [4.69, 9.17) is 16.3 Å². The molecule has 1 aromatic rings. The summed E-state index contributed by atoms with van der Waals surface area (Å²) in [6.07, 6.45) is 6.04. The number of ether oxygens (including phenoxy) is 1. The molecule has 2 unspecified atom stereocenters. The van der Waals surface area contributed by atoms with E-state index in [0.717, 1.165) is 42.4 Å². The van der Waals surface area contributed by atoms with Gasteiger partial charge in [0.05, 0.1) is 11.8 Å². The monoisotopic (exact) mass is 299 g/mol. The van der Waals surface area contributed by atoms with Crippen molar-refractivity contribution in [2.75, 3.05) is 13.2 Å². The average molecular weight is 300 g/mol. The molecular weight excluding hydrogens is 274 g/mol. The lowest BCUT2D eigenvalue weighted by Crippen LogP contribution is -2.36. The SMILES string of the molecule is CCNC(Cc1c(C)nn(C)c1Cl)CC1CCCCO1. The Morgan fingerprint density at radius 3 is 2.85 bits per heavy atom. The predicted molar refractivity (Wildman–Crippen MR) is 82.3 cm³/mol. The van der Waals surface area contributed by atoms with Crippen LogP contribution >= 0.6 is 11.6 Å². The van der Waals surface area contributed by atoms with E-state index in [2.05, 4.69) is 17.3 Å². The number of likely N-dealkylation sites (N-methyl/N-ethyl adjacent to an activating group) is 1. The molecule has 0 bridgehead atoms. The Hall–Kier alpha value is -0.580. The third kappa shape index (κ3) is 3.96. The van der Waals surface area contributed by atoms with E-state index in [1.54, 1.807) is 4.68 Å². The maximum Gasteiger partial charge on any atom is 0.130 e. The molecule has 0 amide bonds. The lowest BCUT2D eigenvalue weighted by Gasteiger charge is -2.27. The van der Waals surface area contributed by atoms with Gasteiger partial charge in [-0.1, -0.05) is 18.5 Å². The van der Waals surface area contributed by atoms with E-state index < -0.39 is 0 Å². The lowest BCUT2D eigenvalue weighted by molar-refractivity contribution is 0.00534. The normalized spacial score (nSPS) is 21.1. The van der Waals surface area contributed by atoms with Gasteiger partial charge in [-0.3, -0.25) is 4.68 Å². The number of hydrogen-bond acceptors (Lipinski definition) is 3. The molecule has 1 aromatic heterocycles. The Bertz CT molecular complexity index is 427. The summed E-state index contributed by atoms with van der Waals surface area (Å²) in [7, 11) is 1.89. The second kappa shape index (κ2) is 7.43. The van der Waals surface area contributed by atoms with Crippen LogP contribution in [-0.2, 0) is 18.2 Å². The van der Waals surface area contributed by atoms with Crippen LogP contribution in [-0.4, -0.2) is 35.1 Å². The summed E-state index contributed by atoms with van der Waals surface area (Å²) in [4.78, 5) is 0. The standard InChI is InChI=1S/C15H26ClN3O/c1-4-17-12(9-13-7-5-6-8-20-13)10-14-11(2)18-19(3)15(14)16/h12-13,17H,4-10H2,1-3H3. The molecule has 1 fully saturated rings. The molecule has 1 N–H and O–H groups in total. The van der Waals surface area contributed by atoms with Crippen LogP contribution in [0.2, 0.25) is 5.15 Å². The van der Waals surface area contributed by atoms with E-state index in [0.29, 0.717) is 12.1 Å². The lowest BCUT2D eigenvalue weighted by atomic mass is 9.97. The van der Waals surface area contributed by atoms with E-state index >= 15 is 0 Å². The highest BCUT2D eigenvalue weighted by molar-refractivity contribution is 6.30. The van der Waals surface area contributed by atoms with Crippen LogP contribution < -0.4 is 5.32 Å². The molecule has 114 valence electrons. The fraction of sp³-hybridized carbons (Fsp3) is 0.800. The number of nitrogens with zero attached hydrogens (tertiary/aromatic N) is 2. The van der Waals surface area contributed by atoms with Crippen LogP contribution in [0.4, 0.5) is 0 Å². The van der Waals surface area contributed by atoms with Crippen LogP contribution in [0.25, 0.3) is 0 Å². The number of nitrogens with one attached hydrogen (secondary N) is 1. The molecule has 0 saturated carbocycles. The van der Waals surface area contributed by atoms with Gasteiger partial charge in [0.1, 0.15) is 5.15 Å². The zero-order valence-corrected chi connectivity index (χ0v) is 13.5. The molecule has 5 heteroatoms. The minimum Gasteiger partial charge on any atom is -0.378 e. The Morgan fingerprint density at radius 1 is 1.50 bits per heavy atom. The van der Waals surface area contributed by atoms with Crippen molar-refractivity contribution in [3.8, 4) is 0 Å². The second-order valence-corrected chi connectivity index (χ2v) is 6.02. The summed E-state index contributed by atoms with van der Waals surface area (Å²) in [5.41, 5.74) is 2.20. The van der Waals surface area contributed by atoms with Gasteiger partial charge in [-0.05, 0) is 45.6 Å². The topological polar surface area (TPSA) is 39.1 Å². The number of aromatic nitrogens is 2. The van der Waals surface area contributed by atoms with Gasteiger partial charge < -0.3 is 10.1 Å². The van der Waals surface area contributed by atoms with Crippen molar-refractivity contribution < 1.29 is 4.74 Å². The molecule has 4 nitrogen and oxygen atoms in total. The molecule has 0 spiro atoms. The summed E-state index contributed by atoms with van der Waals surface area (Å²) in [6.45, 7) is 6.05. The molecule has 0 aromatic carbocycles. The molecular formula is C15H26ClN3O. The number of rotatable bonds is 6. The Morgan fingerprint density at radius 2 is 2.30 bits per heavy atom. The molecule has 1 saturated heterocycles. The summed E-state index contributed by atoms with van der Waals surface area (Å²) in [5.74, 6) is 0. The van der Waals surface area contributed by atoms with Gasteiger partial charge in [0.15, 0.2) is 0 Å². The van der Waals surface area contributed by atoms with Gasteiger partial charge in [-0.15, -0.1) is 0 Å². The van der Waals surface area contributed by atoms with Gasteiger partial charge in [0.2, 0.25) is 0 Å². The maximum absolute atomic E-state index is 6.34. The fourth-order valence-electron chi connectivity index (χ4n) is 2.99. The van der Waals surface area contributed by atoms with E-state index in [1.807, 2.05) is 14.0 Å². The maximum atomic E-state index is 6.34. The first-order valence-corrected chi connectivity index (χ1v) is 8.02. The van der Waals surface area contributed by atoms with Crippen LogP contribution in [0.5, 0.6) is 0 Å². The van der Waals surface area contributed by atoms with Crippen molar-refractivity contribution in [1.82, 2.24) is 15.1 Å². The predicted octanol–water partition coefficient (Wildman–Crippen LogP) is 2.86. The van der Waals surface area contributed by atoms with Crippen LogP contribution in [0.1, 0.15) is 43.9 Å². The zero-order chi connectivity index (χ0) is 14.5. The Labute approximate surface area is 126 Å². The van der Waals surface area contributed by atoms with Crippen molar-refractivity contribution in [3.05, 3.63) is 16.4 Å². The fourth-order valence-corrected chi connectivity index (χ4v) is 3.24. The molecule has 1 aliphatic heterocycles. The van der Waals surface area contributed by atoms with Crippen molar-refractivity contribution in [3.63, 3.8) is 0 Å². The average Bonchev–Trinajstić information content (AvgIpc) is 2.67. The van der Waals surface area contributed by atoms with E-state index in [-0.39, 0.29) is 0 Å². The van der Waals surface area contributed by atoms with Crippen molar-refractivity contribution in [2.45, 2.75) is 58.1 Å². The molecule has 2 heterocycles. The summed E-state index contributed by atoms with van der Waals surface area (Å²) in [5, 5.41) is 8.72. The van der Waals surface area contributed by atoms with Crippen LogP contribution in [0.3, 0.4) is 0 Å². The van der Waals surface area contributed by atoms with Gasteiger partial charge in [0, 0.05) is 25.3 Å². The smallest absolute Gasteiger partial charge is 0.130 e. The van der Waals surface area contributed by atoms with Crippen LogP contribution in [0, 0.1) is 6.92 Å². The van der Waals surface area contributed by atoms with Gasteiger partial charge >= 0.3 is 0 Å². The number of aryl methyl sites for hydroxylation is 2. The first-order valence-electron chi connectivity index (χ1n) is 7.64. The first kappa shape index (κ1) is 15.8. The third-order valence-electron chi connectivity index (χ3n) is 4.03. The van der Waals surface area contributed by atoms with Crippen molar-refractivity contribution >= 4 is 11.6 Å². The molecule has 2 rings (SSSR count). The minimum absolute atomic E-state index is 0.392. The highest BCUT2D eigenvalue weighted by Gasteiger charge is 2.22. The molecule has 1 aliphatic rings. The van der Waals surface area contributed by atoms with Gasteiger partial charge in [0.25, 0.3) is 0 Å². The number of halogens is 1. The van der Waals surface area contributed by atoms with Crippen molar-refractivity contribution in [2.24, 2.45) is 7.05 Å². The van der Waals surface area contributed by atoms with Gasteiger partial charge in [-0.25, -0.2) is 0 Å². The molecule has 0 radical (unpaired) electrons. The largest absolute Gasteiger partial charge is 0.378 e. The quantitative estimate of drug-likeness (QED) is 0.878. The summed E-state index contributed by atoms with van der Waals surface area (Å²) >= 11 is 6.34. The van der Waals surface area contributed by atoms with Crippen LogP contribution in [0.15, 0.2) is 0 Å².